The van der Waals surface area contributed by atoms with Crippen LogP contribution in [0.5, 0.6) is 0 Å². The third-order valence-corrected chi connectivity index (χ3v) is 6.88. The van der Waals surface area contributed by atoms with Gasteiger partial charge in [-0.1, -0.05) is 30.0 Å². The molecule has 1 aromatic carbocycles. The Kier molecular flexibility index (Phi) is 5.63. The zero-order valence-corrected chi connectivity index (χ0v) is 18.4. The lowest BCUT2D eigenvalue weighted by Gasteiger charge is -2.37. The molecule has 0 unspecified atom stereocenters. The Morgan fingerprint density at radius 2 is 1.81 bits per heavy atom. The number of aromatic nitrogens is 4. The summed E-state index contributed by atoms with van der Waals surface area (Å²) in [7, 11) is 0. The summed E-state index contributed by atoms with van der Waals surface area (Å²) in [5.74, 6) is 1.01. The number of carbonyl (C=O) groups is 1. The molecule has 0 N–H and O–H groups in total. The van der Waals surface area contributed by atoms with E-state index in [2.05, 4.69) is 48.9 Å². The third-order valence-electron chi connectivity index (χ3n) is 5.84. The van der Waals surface area contributed by atoms with Crippen molar-refractivity contribution in [3.63, 3.8) is 0 Å². The molecule has 1 aliphatic carbocycles. The van der Waals surface area contributed by atoms with Crippen LogP contribution in [0.2, 0.25) is 0 Å². The smallest absolute Gasteiger partial charge is 0.236 e. The lowest BCUT2D eigenvalue weighted by Crippen LogP contribution is -2.50. The first-order valence-corrected chi connectivity index (χ1v) is 11.7. The van der Waals surface area contributed by atoms with Gasteiger partial charge in [-0.25, -0.2) is 0 Å². The summed E-state index contributed by atoms with van der Waals surface area (Å²) in [6.07, 6.45) is 5.83. The van der Waals surface area contributed by atoms with Gasteiger partial charge in [0.15, 0.2) is 11.0 Å². The highest BCUT2D eigenvalue weighted by Gasteiger charge is 2.33. The topological polar surface area (TPSA) is 67.2 Å². The molecule has 2 aliphatic rings. The molecule has 1 saturated carbocycles. The van der Waals surface area contributed by atoms with Gasteiger partial charge in [0.2, 0.25) is 5.91 Å². The van der Waals surface area contributed by atoms with E-state index >= 15 is 0 Å². The number of anilines is 1. The van der Waals surface area contributed by atoms with Crippen molar-refractivity contribution < 1.29 is 4.79 Å². The molecule has 5 rings (SSSR count). The summed E-state index contributed by atoms with van der Waals surface area (Å²) in [5, 5.41) is 9.50. The van der Waals surface area contributed by atoms with E-state index in [4.69, 9.17) is 0 Å². The molecular weight excluding hydrogens is 408 g/mol. The van der Waals surface area contributed by atoms with E-state index < -0.39 is 0 Å². The van der Waals surface area contributed by atoms with Crippen LogP contribution in [-0.4, -0.2) is 62.0 Å². The number of para-hydroxylation sites is 1. The second kappa shape index (κ2) is 8.70. The molecule has 0 radical (unpaired) electrons. The fourth-order valence-electron chi connectivity index (χ4n) is 4.00. The first kappa shape index (κ1) is 20.1. The van der Waals surface area contributed by atoms with Gasteiger partial charge in [-0.2, -0.15) is 0 Å². The summed E-state index contributed by atoms with van der Waals surface area (Å²) >= 11 is 1.52. The molecular formula is C23H26N6OS. The maximum Gasteiger partial charge on any atom is 0.236 e. The van der Waals surface area contributed by atoms with Crippen LogP contribution >= 0.6 is 11.8 Å². The van der Waals surface area contributed by atoms with Gasteiger partial charge in [0.1, 0.15) is 0 Å². The number of nitrogens with zero attached hydrogens (tertiary/aromatic N) is 6. The molecule has 1 atom stereocenters. The van der Waals surface area contributed by atoms with Crippen LogP contribution in [0.15, 0.2) is 60.0 Å². The number of piperazine rings is 1. The summed E-state index contributed by atoms with van der Waals surface area (Å²) in [5.41, 5.74) is 2.18. The highest BCUT2D eigenvalue weighted by molar-refractivity contribution is 8.00. The zero-order valence-electron chi connectivity index (χ0n) is 17.6. The molecule has 3 aromatic rings. The van der Waals surface area contributed by atoms with E-state index in [0.29, 0.717) is 6.04 Å². The fourth-order valence-corrected chi connectivity index (χ4v) is 5.00. The highest BCUT2D eigenvalue weighted by Crippen LogP contribution is 2.41. The summed E-state index contributed by atoms with van der Waals surface area (Å²) in [4.78, 5) is 21.7. The fraction of sp³-hybridized carbons (Fsp3) is 0.391. The van der Waals surface area contributed by atoms with Crippen molar-refractivity contribution in [1.29, 1.82) is 0 Å². The maximum atomic E-state index is 13.1. The van der Waals surface area contributed by atoms with Gasteiger partial charge in [0.25, 0.3) is 0 Å². The van der Waals surface area contributed by atoms with E-state index in [-0.39, 0.29) is 11.2 Å². The van der Waals surface area contributed by atoms with Crippen molar-refractivity contribution >= 4 is 23.4 Å². The van der Waals surface area contributed by atoms with Crippen molar-refractivity contribution in [1.82, 2.24) is 24.6 Å². The largest absolute Gasteiger partial charge is 0.368 e. The number of benzene rings is 1. The lowest BCUT2D eigenvalue weighted by molar-refractivity contribution is -0.130. The van der Waals surface area contributed by atoms with Gasteiger partial charge < -0.3 is 9.80 Å². The molecule has 1 aliphatic heterocycles. The van der Waals surface area contributed by atoms with Crippen LogP contribution in [0.4, 0.5) is 5.69 Å². The van der Waals surface area contributed by atoms with E-state index in [1.807, 2.05) is 36.2 Å². The zero-order chi connectivity index (χ0) is 21.2. The first-order valence-electron chi connectivity index (χ1n) is 10.8. The molecule has 0 bridgehead atoms. The average Bonchev–Trinajstić information content (AvgIpc) is 3.59. The molecule has 2 aromatic heterocycles. The van der Waals surface area contributed by atoms with E-state index in [1.54, 1.807) is 6.20 Å². The third kappa shape index (κ3) is 4.30. The molecule has 7 nitrogen and oxygen atoms in total. The predicted molar refractivity (Wildman–Crippen MR) is 122 cm³/mol. The summed E-state index contributed by atoms with van der Waals surface area (Å²) in [6.45, 7) is 5.18. The Hall–Kier alpha value is -2.87. The normalized spacial score (nSPS) is 17.6. The standard InChI is InChI=1S/C23H26N6OS/c1-17(22(30)28-14-12-27(13-15-28)19-7-3-2-4-8-19)31-23-26-25-21(29(23)20-9-10-20)18-6-5-11-24-16-18/h2-8,11,16-17,20H,9-10,12-15H2,1H3/t17-/m1/s1. The van der Waals surface area contributed by atoms with Crippen molar-refractivity contribution in [3.05, 3.63) is 54.9 Å². The van der Waals surface area contributed by atoms with Gasteiger partial charge in [-0.05, 0) is 44.0 Å². The number of rotatable bonds is 6. The Bertz CT molecular complexity index is 1030. The number of hydrogen-bond donors (Lipinski definition) is 0. The van der Waals surface area contributed by atoms with Gasteiger partial charge >= 0.3 is 0 Å². The van der Waals surface area contributed by atoms with E-state index in [1.165, 1.54) is 17.4 Å². The number of amides is 1. The predicted octanol–water partition coefficient (Wildman–Crippen LogP) is 3.50. The molecule has 160 valence electrons. The number of pyridine rings is 1. The van der Waals surface area contributed by atoms with Crippen molar-refractivity contribution in [2.45, 2.75) is 36.2 Å². The maximum absolute atomic E-state index is 13.1. The van der Waals surface area contributed by atoms with Crippen LogP contribution < -0.4 is 4.90 Å². The quantitative estimate of drug-likeness (QED) is 0.553. The minimum absolute atomic E-state index is 0.172. The van der Waals surface area contributed by atoms with Gasteiger partial charge in [-0.3, -0.25) is 14.3 Å². The SMILES string of the molecule is C[C@@H](Sc1nnc(-c2cccnc2)n1C1CC1)C(=O)N1CCN(c2ccccc2)CC1. The molecule has 1 saturated heterocycles. The minimum atomic E-state index is -0.202. The second-order valence-electron chi connectivity index (χ2n) is 8.06. The van der Waals surface area contributed by atoms with Crippen LogP contribution in [0.1, 0.15) is 25.8 Å². The summed E-state index contributed by atoms with van der Waals surface area (Å²) in [6, 6.07) is 14.7. The van der Waals surface area contributed by atoms with Crippen molar-refractivity contribution in [3.8, 4) is 11.4 Å². The first-order chi connectivity index (χ1) is 15.2. The van der Waals surface area contributed by atoms with Crippen molar-refractivity contribution in [2.75, 3.05) is 31.1 Å². The Balaban J connectivity index is 1.25. The minimum Gasteiger partial charge on any atom is -0.368 e. The monoisotopic (exact) mass is 434 g/mol. The van der Waals surface area contributed by atoms with E-state index in [0.717, 1.165) is 55.6 Å². The van der Waals surface area contributed by atoms with Crippen LogP contribution in [-0.2, 0) is 4.79 Å². The molecule has 2 fully saturated rings. The van der Waals surface area contributed by atoms with Gasteiger partial charge in [0.05, 0.1) is 5.25 Å². The number of carbonyl (C=O) groups excluding carboxylic acids is 1. The Morgan fingerprint density at radius 1 is 1.03 bits per heavy atom. The van der Waals surface area contributed by atoms with Crippen LogP contribution in [0.3, 0.4) is 0 Å². The Morgan fingerprint density at radius 3 is 2.48 bits per heavy atom. The molecule has 1 amide bonds. The molecule has 0 spiro atoms. The number of hydrogen-bond acceptors (Lipinski definition) is 6. The van der Waals surface area contributed by atoms with Crippen LogP contribution in [0.25, 0.3) is 11.4 Å². The molecule has 31 heavy (non-hydrogen) atoms. The summed E-state index contributed by atoms with van der Waals surface area (Å²) < 4.78 is 2.19. The van der Waals surface area contributed by atoms with Crippen molar-refractivity contribution in [2.24, 2.45) is 0 Å². The lowest BCUT2D eigenvalue weighted by atomic mass is 10.2. The molecule has 8 heteroatoms. The average molecular weight is 435 g/mol. The second-order valence-corrected chi connectivity index (χ2v) is 9.36. The molecule has 3 heterocycles. The van der Waals surface area contributed by atoms with Gasteiger partial charge in [-0.15, -0.1) is 10.2 Å². The van der Waals surface area contributed by atoms with Gasteiger partial charge in [0, 0.05) is 55.9 Å². The highest BCUT2D eigenvalue weighted by atomic mass is 32.2. The number of thioether (sulfide) groups is 1. The Labute approximate surface area is 186 Å². The van der Waals surface area contributed by atoms with E-state index in [9.17, 15) is 4.79 Å². The van der Waals surface area contributed by atoms with Crippen LogP contribution in [0, 0.1) is 0 Å².